The minimum atomic E-state index is -0.885. The van der Waals surface area contributed by atoms with Gasteiger partial charge < -0.3 is 20.5 Å². The molecule has 176 valence electrons. The molecule has 0 bridgehead atoms. The zero-order chi connectivity index (χ0) is 23.3. The Morgan fingerprint density at radius 2 is 1.78 bits per heavy atom. The number of fused-ring (bicyclic) bond motifs is 1. The Balaban J connectivity index is 1.88. The maximum absolute atomic E-state index is 13.3. The molecule has 0 spiro atoms. The number of ether oxygens (including phenoxy) is 1. The number of aromatic nitrogens is 2. The Kier molecular flexibility index (Phi) is 7.70. The summed E-state index contributed by atoms with van der Waals surface area (Å²) in [5.41, 5.74) is 0.104. The van der Waals surface area contributed by atoms with Crippen LogP contribution < -0.4 is 16.3 Å². The topological polar surface area (TPSA) is 118 Å². The molecule has 1 fully saturated rings. The van der Waals surface area contributed by atoms with E-state index in [1.54, 1.807) is 16.7 Å². The van der Waals surface area contributed by atoms with Gasteiger partial charge in [0.2, 0.25) is 5.91 Å². The van der Waals surface area contributed by atoms with Crippen LogP contribution in [0.15, 0.2) is 29.1 Å². The molecule has 10 heteroatoms. The van der Waals surface area contributed by atoms with Crippen LogP contribution in [0.1, 0.15) is 20.8 Å². The number of nitrogens with one attached hydrogen (secondary N) is 2. The molecule has 1 aromatic carbocycles. The predicted octanol–water partition coefficient (Wildman–Crippen LogP) is 0.216. The Labute approximate surface area is 187 Å². The number of para-hydroxylation sites is 2. The fourth-order valence-electron chi connectivity index (χ4n) is 3.83. The molecule has 1 aliphatic rings. The molecule has 0 radical (unpaired) electrons. The molecule has 2 amide bonds. The second kappa shape index (κ2) is 10.3. The van der Waals surface area contributed by atoms with Crippen LogP contribution in [-0.4, -0.2) is 83.1 Å². The second-order valence-electron chi connectivity index (χ2n) is 8.98. The lowest BCUT2D eigenvalue weighted by molar-refractivity contribution is -0.125. The molecule has 3 N–H and O–H groups in total. The maximum Gasteiger partial charge on any atom is 0.337 e. The normalized spacial score (nSPS) is 16.1. The number of imidazole rings is 1. The van der Waals surface area contributed by atoms with Crippen LogP contribution in [0.2, 0.25) is 0 Å². The average Bonchev–Trinajstić information content (AvgIpc) is 3.05. The minimum absolute atomic E-state index is 0.0854. The third-order valence-corrected chi connectivity index (χ3v) is 5.59. The second-order valence-corrected chi connectivity index (χ2v) is 8.98. The van der Waals surface area contributed by atoms with E-state index in [9.17, 15) is 14.4 Å². The third kappa shape index (κ3) is 5.37. The summed E-state index contributed by atoms with van der Waals surface area (Å²) in [4.78, 5) is 41.3. The van der Waals surface area contributed by atoms with Gasteiger partial charge in [-0.05, 0) is 17.5 Å². The first-order chi connectivity index (χ1) is 15.2. The number of rotatable bonds is 7. The molecule has 1 saturated heterocycles. The van der Waals surface area contributed by atoms with Crippen LogP contribution in [0.3, 0.4) is 0 Å². The van der Waals surface area contributed by atoms with Gasteiger partial charge in [0, 0.05) is 32.7 Å². The monoisotopic (exact) mass is 447 g/mol. The number of morpholine rings is 1. The summed E-state index contributed by atoms with van der Waals surface area (Å²) in [6.07, 6.45) is 0. The largest absolute Gasteiger partial charge is 0.395 e. The summed E-state index contributed by atoms with van der Waals surface area (Å²) < 4.78 is 8.07. The van der Waals surface area contributed by atoms with Crippen LogP contribution in [0.25, 0.3) is 11.0 Å². The van der Waals surface area contributed by atoms with Gasteiger partial charge in [0.25, 0.3) is 0 Å². The van der Waals surface area contributed by atoms with E-state index in [1.165, 1.54) is 0 Å². The lowest BCUT2D eigenvalue weighted by atomic mass is 9.86. The standard InChI is InChI=1S/C22H33N5O5/c1-22(2,3)18(19(29)23-8-13-28)24-20(30)27-17-7-5-4-6-16(17)26(21(27)31)10-9-25-11-14-32-15-12-25/h4-7,18,28H,8-15H2,1-3H3,(H,23,29)(H,24,30)/t18-/m1/s1. The van der Waals surface area contributed by atoms with Gasteiger partial charge in [-0.15, -0.1) is 0 Å². The number of aliphatic hydroxyl groups is 1. The lowest BCUT2D eigenvalue weighted by Gasteiger charge is -2.30. The van der Waals surface area contributed by atoms with Crippen molar-refractivity contribution in [1.29, 1.82) is 0 Å². The first-order valence-electron chi connectivity index (χ1n) is 10.9. The van der Waals surface area contributed by atoms with Crippen LogP contribution in [-0.2, 0) is 16.1 Å². The minimum Gasteiger partial charge on any atom is -0.395 e. The average molecular weight is 448 g/mol. The van der Waals surface area contributed by atoms with Crippen molar-refractivity contribution < 1.29 is 19.4 Å². The summed E-state index contributed by atoms with van der Waals surface area (Å²) in [7, 11) is 0. The summed E-state index contributed by atoms with van der Waals surface area (Å²) in [6.45, 7) is 9.44. The quantitative estimate of drug-likeness (QED) is 0.559. The predicted molar refractivity (Wildman–Crippen MR) is 121 cm³/mol. The molecule has 0 saturated carbocycles. The van der Waals surface area contributed by atoms with Crippen LogP contribution in [0.5, 0.6) is 0 Å². The van der Waals surface area contributed by atoms with Gasteiger partial charge in [0.15, 0.2) is 0 Å². The highest BCUT2D eigenvalue weighted by Crippen LogP contribution is 2.20. The number of hydrogen-bond donors (Lipinski definition) is 3. The van der Waals surface area contributed by atoms with Crippen molar-refractivity contribution in [3.05, 3.63) is 34.7 Å². The highest BCUT2D eigenvalue weighted by molar-refractivity contribution is 5.93. The van der Waals surface area contributed by atoms with E-state index < -0.39 is 29.1 Å². The Bertz CT molecular complexity index is 1000. The van der Waals surface area contributed by atoms with Gasteiger partial charge in [-0.1, -0.05) is 32.9 Å². The molecule has 2 aromatic rings. The number of carbonyl (C=O) groups is 2. The van der Waals surface area contributed by atoms with Gasteiger partial charge in [0.1, 0.15) is 6.04 Å². The molecule has 1 atom stereocenters. The number of carbonyl (C=O) groups excluding carboxylic acids is 2. The molecule has 0 aliphatic carbocycles. The van der Waals surface area contributed by atoms with E-state index in [2.05, 4.69) is 15.5 Å². The number of hydrogen-bond acceptors (Lipinski definition) is 6. The van der Waals surface area contributed by atoms with Crippen LogP contribution in [0.4, 0.5) is 4.79 Å². The fourth-order valence-corrected chi connectivity index (χ4v) is 3.83. The van der Waals surface area contributed by atoms with Gasteiger partial charge in [-0.2, -0.15) is 0 Å². The van der Waals surface area contributed by atoms with Crippen molar-refractivity contribution >= 4 is 23.0 Å². The summed E-state index contributed by atoms with van der Waals surface area (Å²) in [5.74, 6) is -0.413. The van der Waals surface area contributed by atoms with E-state index in [-0.39, 0.29) is 13.2 Å². The zero-order valence-electron chi connectivity index (χ0n) is 19.0. The van der Waals surface area contributed by atoms with Crippen molar-refractivity contribution in [2.45, 2.75) is 33.4 Å². The molecular formula is C22H33N5O5. The van der Waals surface area contributed by atoms with Crippen molar-refractivity contribution in [2.75, 3.05) is 46.0 Å². The van der Waals surface area contributed by atoms with Crippen molar-refractivity contribution in [1.82, 2.24) is 24.7 Å². The van der Waals surface area contributed by atoms with Gasteiger partial charge in [-0.25, -0.2) is 14.2 Å². The Hall–Kier alpha value is -2.69. The Morgan fingerprint density at radius 1 is 1.12 bits per heavy atom. The number of nitrogens with zero attached hydrogens (tertiary/aromatic N) is 3. The van der Waals surface area contributed by atoms with Gasteiger partial charge in [-0.3, -0.25) is 14.3 Å². The molecule has 3 rings (SSSR count). The molecule has 10 nitrogen and oxygen atoms in total. The van der Waals surface area contributed by atoms with E-state index >= 15 is 0 Å². The van der Waals surface area contributed by atoms with Gasteiger partial charge >= 0.3 is 11.7 Å². The maximum atomic E-state index is 13.3. The van der Waals surface area contributed by atoms with E-state index in [4.69, 9.17) is 9.84 Å². The van der Waals surface area contributed by atoms with E-state index in [0.717, 1.165) is 17.7 Å². The smallest absolute Gasteiger partial charge is 0.337 e. The molecule has 1 aromatic heterocycles. The first kappa shape index (κ1) is 24.0. The molecular weight excluding hydrogens is 414 g/mol. The van der Waals surface area contributed by atoms with Crippen molar-refractivity contribution in [3.63, 3.8) is 0 Å². The molecule has 0 unspecified atom stereocenters. The van der Waals surface area contributed by atoms with Gasteiger partial charge in [0.05, 0.1) is 30.9 Å². The summed E-state index contributed by atoms with van der Waals surface area (Å²) in [6, 6.07) is 5.59. The lowest BCUT2D eigenvalue weighted by Crippen LogP contribution is -2.55. The van der Waals surface area contributed by atoms with Crippen molar-refractivity contribution in [2.24, 2.45) is 5.41 Å². The molecule has 2 heterocycles. The Morgan fingerprint density at radius 3 is 2.41 bits per heavy atom. The van der Waals surface area contributed by atoms with Crippen LogP contribution >= 0.6 is 0 Å². The summed E-state index contributed by atoms with van der Waals surface area (Å²) >= 11 is 0. The fraction of sp³-hybridized carbons (Fsp3) is 0.591. The van der Waals surface area contributed by atoms with E-state index in [0.29, 0.717) is 37.3 Å². The number of benzene rings is 1. The highest BCUT2D eigenvalue weighted by Gasteiger charge is 2.34. The number of amides is 2. The van der Waals surface area contributed by atoms with Crippen molar-refractivity contribution in [3.8, 4) is 0 Å². The third-order valence-electron chi connectivity index (χ3n) is 5.59. The van der Waals surface area contributed by atoms with Crippen LogP contribution in [0, 0.1) is 5.41 Å². The first-order valence-corrected chi connectivity index (χ1v) is 10.9. The number of aliphatic hydroxyl groups excluding tert-OH is 1. The molecule has 32 heavy (non-hydrogen) atoms. The zero-order valence-corrected chi connectivity index (χ0v) is 19.0. The highest BCUT2D eigenvalue weighted by atomic mass is 16.5. The van der Waals surface area contributed by atoms with E-state index in [1.807, 2.05) is 32.9 Å². The SMILES string of the molecule is CC(C)(C)[C@H](NC(=O)n1c(=O)n(CCN2CCOCC2)c2ccccc21)C(=O)NCCO. The molecule has 1 aliphatic heterocycles. The summed E-state index contributed by atoms with van der Waals surface area (Å²) in [5, 5.41) is 14.3.